The lowest BCUT2D eigenvalue weighted by molar-refractivity contribution is 0.599. The fourth-order valence-corrected chi connectivity index (χ4v) is 2.20. The van der Waals surface area contributed by atoms with Gasteiger partial charge in [-0.25, -0.2) is 4.98 Å². The van der Waals surface area contributed by atoms with Gasteiger partial charge < -0.3 is 4.57 Å². The van der Waals surface area contributed by atoms with Crippen molar-refractivity contribution >= 4 is 15.9 Å². The number of nitrogens with zero attached hydrogens (tertiary/aromatic N) is 2. The molecule has 1 aromatic rings. The Kier molecular flexibility index (Phi) is 3.04. The molecule has 0 atom stereocenters. The fraction of sp³-hybridized carbons (Fsp3) is 0.700. The molecule has 0 spiro atoms. The van der Waals surface area contributed by atoms with Crippen molar-refractivity contribution < 1.29 is 0 Å². The Morgan fingerprint density at radius 3 is 3.08 bits per heavy atom. The Morgan fingerprint density at radius 1 is 1.38 bits per heavy atom. The Labute approximate surface area is 87.5 Å². The molecule has 0 N–H and O–H groups in total. The van der Waals surface area contributed by atoms with Gasteiger partial charge in [0.15, 0.2) is 0 Å². The highest BCUT2D eigenvalue weighted by molar-refractivity contribution is 9.09. The van der Waals surface area contributed by atoms with Crippen LogP contribution in [0.25, 0.3) is 0 Å². The smallest absolute Gasteiger partial charge is 0.0951 e. The lowest BCUT2D eigenvalue weighted by Gasteiger charge is -2.13. The predicted octanol–water partition coefficient (Wildman–Crippen LogP) is 2.55. The van der Waals surface area contributed by atoms with E-state index in [1.54, 1.807) is 0 Å². The Morgan fingerprint density at radius 2 is 2.23 bits per heavy atom. The van der Waals surface area contributed by atoms with Crippen LogP contribution in [0.15, 0.2) is 6.33 Å². The van der Waals surface area contributed by atoms with E-state index in [-0.39, 0.29) is 0 Å². The maximum atomic E-state index is 4.46. The van der Waals surface area contributed by atoms with Crippen LogP contribution in [0, 0.1) is 0 Å². The second kappa shape index (κ2) is 4.27. The number of imidazole rings is 1. The lowest BCUT2D eigenvalue weighted by atomic mass is 10.0. The number of rotatable bonds is 3. The molecule has 1 heterocycles. The molecule has 0 saturated carbocycles. The van der Waals surface area contributed by atoms with Crippen molar-refractivity contribution in [3.8, 4) is 0 Å². The molecule has 1 aliphatic carbocycles. The summed E-state index contributed by atoms with van der Waals surface area (Å²) in [5.74, 6) is 0. The van der Waals surface area contributed by atoms with E-state index in [9.17, 15) is 0 Å². The van der Waals surface area contributed by atoms with E-state index in [1.807, 2.05) is 6.33 Å². The summed E-state index contributed by atoms with van der Waals surface area (Å²) in [6, 6.07) is 0. The van der Waals surface area contributed by atoms with Crippen molar-refractivity contribution in [1.29, 1.82) is 0 Å². The molecule has 0 amide bonds. The van der Waals surface area contributed by atoms with Crippen molar-refractivity contribution in [2.45, 2.75) is 38.6 Å². The maximum absolute atomic E-state index is 4.46. The number of aryl methyl sites for hydroxylation is 2. The second-order valence-corrected chi connectivity index (χ2v) is 4.37. The minimum atomic E-state index is 1.08. The zero-order valence-corrected chi connectivity index (χ0v) is 9.39. The first-order valence-electron chi connectivity index (χ1n) is 5.00. The maximum Gasteiger partial charge on any atom is 0.0951 e. The van der Waals surface area contributed by atoms with Gasteiger partial charge in [-0.15, -0.1) is 0 Å². The largest absolute Gasteiger partial charge is 0.334 e. The van der Waals surface area contributed by atoms with E-state index < -0.39 is 0 Å². The molecule has 0 fully saturated rings. The molecule has 0 bridgehead atoms. The van der Waals surface area contributed by atoms with Crippen LogP contribution in [0.5, 0.6) is 0 Å². The highest BCUT2D eigenvalue weighted by atomic mass is 79.9. The summed E-state index contributed by atoms with van der Waals surface area (Å²) >= 11 is 3.46. The number of alkyl halides is 1. The first-order chi connectivity index (χ1) is 6.42. The monoisotopic (exact) mass is 242 g/mol. The van der Waals surface area contributed by atoms with Crippen molar-refractivity contribution in [1.82, 2.24) is 9.55 Å². The van der Waals surface area contributed by atoms with Crippen LogP contribution in [0.2, 0.25) is 0 Å². The van der Waals surface area contributed by atoms with Crippen LogP contribution in [0.4, 0.5) is 0 Å². The van der Waals surface area contributed by atoms with Crippen LogP contribution in [-0.2, 0) is 19.4 Å². The highest BCUT2D eigenvalue weighted by Gasteiger charge is 2.14. The van der Waals surface area contributed by atoms with Gasteiger partial charge in [0.05, 0.1) is 12.0 Å². The second-order valence-electron chi connectivity index (χ2n) is 3.58. The standard InChI is InChI=1S/C10H15BrN2/c11-6-3-7-13-8-12-9-4-1-2-5-10(9)13/h8H,1-7H2. The van der Waals surface area contributed by atoms with Crippen LogP contribution in [-0.4, -0.2) is 14.9 Å². The van der Waals surface area contributed by atoms with Crippen LogP contribution in [0.1, 0.15) is 30.7 Å². The molecule has 0 radical (unpaired) electrons. The SMILES string of the molecule is BrCCCn1cnc2c1CCCC2. The summed E-state index contributed by atoms with van der Waals surface area (Å²) in [5, 5.41) is 1.08. The van der Waals surface area contributed by atoms with Crippen LogP contribution < -0.4 is 0 Å². The molecule has 2 nitrogen and oxygen atoms in total. The summed E-state index contributed by atoms with van der Waals surface area (Å²) in [6.45, 7) is 1.12. The van der Waals surface area contributed by atoms with Gasteiger partial charge in [-0.05, 0) is 32.1 Å². The average Bonchev–Trinajstić information content (AvgIpc) is 2.58. The third kappa shape index (κ3) is 1.96. The average molecular weight is 243 g/mol. The van der Waals surface area contributed by atoms with E-state index in [0.717, 1.165) is 11.9 Å². The van der Waals surface area contributed by atoms with Gasteiger partial charge in [0, 0.05) is 17.6 Å². The van der Waals surface area contributed by atoms with Crippen LogP contribution in [0.3, 0.4) is 0 Å². The summed E-state index contributed by atoms with van der Waals surface area (Å²) in [5.41, 5.74) is 2.84. The highest BCUT2D eigenvalue weighted by Crippen LogP contribution is 2.19. The normalized spacial score (nSPS) is 15.8. The molecule has 0 aliphatic heterocycles. The number of fused-ring (bicyclic) bond motifs is 1. The zero-order valence-electron chi connectivity index (χ0n) is 7.80. The Balaban J connectivity index is 2.12. The first kappa shape index (κ1) is 9.25. The molecule has 3 heteroatoms. The molecular weight excluding hydrogens is 228 g/mol. The van der Waals surface area contributed by atoms with E-state index in [2.05, 4.69) is 25.5 Å². The Bertz CT molecular complexity index is 280. The lowest BCUT2D eigenvalue weighted by Crippen LogP contribution is -2.08. The zero-order chi connectivity index (χ0) is 9.10. The van der Waals surface area contributed by atoms with Gasteiger partial charge in [0.2, 0.25) is 0 Å². The fourth-order valence-electron chi connectivity index (χ4n) is 1.95. The number of hydrogen-bond donors (Lipinski definition) is 0. The van der Waals surface area contributed by atoms with E-state index in [0.29, 0.717) is 0 Å². The summed E-state index contributed by atoms with van der Waals surface area (Å²) in [6.07, 6.45) is 8.30. The third-order valence-electron chi connectivity index (χ3n) is 2.64. The van der Waals surface area contributed by atoms with Crippen molar-refractivity contribution in [3.05, 3.63) is 17.7 Å². The Hall–Kier alpha value is -0.310. The summed E-state index contributed by atoms with van der Waals surface area (Å²) in [4.78, 5) is 4.46. The molecule has 13 heavy (non-hydrogen) atoms. The topological polar surface area (TPSA) is 17.8 Å². The minimum Gasteiger partial charge on any atom is -0.334 e. The third-order valence-corrected chi connectivity index (χ3v) is 3.20. The minimum absolute atomic E-state index is 1.08. The molecule has 2 rings (SSSR count). The van der Waals surface area contributed by atoms with Gasteiger partial charge >= 0.3 is 0 Å². The van der Waals surface area contributed by atoms with Crippen molar-refractivity contribution in [2.24, 2.45) is 0 Å². The van der Waals surface area contributed by atoms with E-state index >= 15 is 0 Å². The molecule has 1 aliphatic rings. The molecule has 0 saturated heterocycles. The molecule has 72 valence electrons. The number of halogens is 1. The van der Waals surface area contributed by atoms with E-state index in [4.69, 9.17) is 0 Å². The number of aromatic nitrogens is 2. The van der Waals surface area contributed by atoms with Gasteiger partial charge in [0.1, 0.15) is 0 Å². The predicted molar refractivity (Wildman–Crippen MR) is 57.3 cm³/mol. The van der Waals surface area contributed by atoms with E-state index in [1.165, 1.54) is 43.5 Å². The molecular formula is C10H15BrN2. The van der Waals surface area contributed by atoms with Crippen molar-refractivity contribution in [2.75, 3.05) is 5.33 Å². The number of hydrogen-bond acceptors (Lipinski definition) is 1. The van der Waals surface area contributed by atoms with Gasteiger partial charge in [-0.3, -0.25) is 0 Å². The van der Waals surface area contributed by atoms with Gasteiger partial charge in [-0.2, -0.15) is 0 Å². The molecule has 1 aromatic heterocycles. The summed E-state index contributed by atoms with van der Waals surface area (Å²) < 4.78 is 2.33. The first-order valence-corrected chi connectivity index (χ1v) is 6.13. The van der Waals surface area contributed by atoms with Crippen molar-refractivity contribution in [3.63, 3.8) is 0 Å². The van der Waals surface area contributed by atoms with Gasteiger partial charge in [0.25, 0.3) is 0 Å². The van der Waals surface area contributed by atoms with Crippen LogP contribution >= 0.6 is 15.9 Å². The van der Waals surface area contributed by atoms with Gasteiger partial charge in [-0.1, -0.05) is 15.9 Å². The quantitative estimate of drug-likeness (QED) is 0.746. The summed E-state index contributed by atoms with van der Waals surface area (Å²) in [7, 11) is 0. The molecule has 0 aromatic carbocycles. The molecule has 0 unspecified atom stereocenters.